The van der Waals surface area contributed by atoms with Crippen LogP contribution in [0.2, 0.25) is 0 Å². The summed E-state index contributed by atoms with van der Waals surface area (Å²) < 4.78 is 5.10. The number of aromatic nitrogens is 2. The molecule has 0 saturated heterocycles. The van der Waals surface area contributed by atoms with Crippen molar-refractivity contribution in [3.8, 4) is 5.88 Å². The van der Waals surface area contributed by atoms with Gasteiger partial charge in [0.05, 0.1) is 18.8 Å². The Hall–Kier alpha value is -1.16. The number of nitrogens with two attached hydrogens (primary N) is 1. The number of methoxy groups -OCH3 is 1. The van der Waals surface area contributed by atoms with E-state index in [9.17, 15) is 0 Å². The van der Waals surface area contributed by atoms with Gasteiger partial charge < -0.3 is 10.5 Å². The standard InChI is InChI=1S/C13H21N3O/c1-9-3-5-10(6-4-9)13(14)11-7-12(17-2)16-8-15-11/h7-10,13H,3-6,14H2,1-2H3. The molecule has 1 saturated carbocycles. The zero-order valence-electron chi connectivity index (χ0n) is 10.6. The van der Waals surface area contributed by atoms with Crippen molar-refractivity contribution < 1.29 is 4.74 Å². The molecule has 1 aromatic rings. The average Bonchev–Trinajstić information content (AvgIpc) is 2.39. The van der Waals surface area contributed by atoms with E-state index in [-0.39, 0.29) is 6.04 Å². The summed E-state index contributed by atoms with van der Waals surface area (Å²) in [7, 11) is 1.61. The molecule has 0 spiro atoms. The molecule has 1 aromatic heterocycles. The van der Waals surface area contributed by atoms with Crippen LogP contribution < -0.4 is 10.5 Å². The summed E-state index contributed by atoms with van der Waals surface area (Å²) in [4.78, 5) is 8.27. The molecule has 17 heavy (non-hydrogen) atoms. The van der Waals surface area contributed by atoms with Crippen molar-refractivity contribution >= 4 is 0 Å². The topological polar surface area (TPSA) is 61.0 Å². The summed E-state index contributed by atoms with van der Waals surface area (Å²) in [6.07, 6.45) is 6.49. The molecule has 4 heteroatoms. The molecule has 0 aliphatic heterocycles. The van der Waals surface area contributed by atoms with E-state index >= 15 is 0 Å². The zero-order valence-corrected chi connectivity index (χ0v) is 10.6. The largest absolute Gasteiger partial charge is 0.481 e. The molecule has 1 aliphatic carbocycles. The van der Waals surface area contributed by atoms with Crippen LogP contribution in [-0.2, 0) is 0 Å². The highest BCUT2D eigenvalue weighted by Gasteiger charge is 2.25. The van der Waals surface area contributed by atoms with Crippen molar-refractivity contribution in [1.29, 1.82) is 0 Å². The first kappa shape index (κ1) is 12.3. The van der Waals surface area contributed by atoms with Crippen molar-refractivity contribution in [2.45, 2.75) is 38.6 Å². The van der Waals surface area contributed by atoms with E-state index in [2.05, 4.69) is 16.9 Å². The van der Waals surface area contributed by atoms with E-state index in [4.69, 9.17) is 10.5 Å². The second-order valence-electron chi connectivity index (χ2n) is 5.03. The molecule has 0 amide bonds. The van der Waals surface area contributed by atoms with Gasteiger partial charge in [0.15, 0.2) is 0 Å². The molecule has 1 heterocycles. The summed E-state index contributed by atoms with van der Waals surface area (Å²) in [5, 5.41) is 0. The van der Waals surface area contributed by atoms with Crippen molar-refractivity contribution in [2.75, 3.05) is 7.11 Å². The molecule has 94 valence electrons. The summed E-state index contributed by atoms with van der Waals surface area (Å²) in [6, 6.07) is 1.86. The second-order valence-corrected chi connectivity index (χ2v) is 5.03. The van der Waals surface area contributed by atoms with Crippen molar-refractivity contribution in [2.24, 2.45) is 17.6 Å². The van der Waals surface area contributed by atoms with E-state index in [0.29, 0.717) is 11.8 Å². The van der Waals surface area contributed by atoms with Gasteiger partial charge in [0.25, 0.3) is 0 Å². The van der Waals surface area contributed by atoms with Gasteiger partial charge in [-0.05, 0) is 24.7 Å². The summed E-state index contributed by atoms with van der Waals surface area (Å²) >= 11 is 0. The Morgan fingerprint density at radius 1 is 1.29 bits per heavy atom. The number of nitrogens with zero attached hydrogens (tertiary/aromatic N) is 2. The fraction of sp³-hybridized carbons (Fsp3) is 0.692. The molecule has 4 nitrogen and oxygen atoms in total. The number of rotatable bonds is 3. The van der Waals surface area contributed by atoms with Gasteiger partial charge in [0.1, 0.15) is 6.33 Å². The minimum atomic E-state index is 0.0133. The van der Waals surface area contributed by atoms with E-state index in [1.165, 1.54) is 32.0 Å². The van der Waals surface area contributed by atoms with Crippen LogP contribution in [0, 0.1) is 11.8 Å². The molecule has 2 rings (SSSR count). The normalized spacial score (nSPS) is 26.5. The van der Waals surface area contributed by atoms with Gasteiger partial charge in [-0.15, -0.1) is 0 Å². The molecule has 1 aliphatic rings. The van der Waals surface area contributed by atoms with Gasteiger partial charge in [-0.2, -0.15) is 0 Å². The van der Waals surface area contributed by atoms with Crippen LogP contribution in [-0.4, -0.2) is 17.1 Å². The third-order valence-corrected chi connectivity index (χ3v) is 3.78. The second kappa shape index (κ2) is 5.45. The zero-order chi connectivity index (χ0) is 12.3. The van der Waals surface area contributed by atoms with E-state index in [1.54, 1.807) is 7.11 Å². The van der Waals surface area contributed by atoms with Crippen molar-refractivity contribution in [3.63, 3.8) is 0 Å². The minimum Gasteiger partial charge on any atom is -0.481 e. The number of hydrogen-bond donors (Lipinski definition) is 1. The highest BCUT2D eigenvalue weighted by atomic mass is 16.5. The third kappa shape index (κ3) is 2.94. The van der Waals surface area contributed by atoms with Crippen molar-refractivity contribution in [1.82, 2.24) is 9.97 Å². The Morgan fingerprint density at radius 2 is 2.00 bits per heavy atom. The van der Waals surface area contributed by atoms with E-state index in [0.717, 1.165) is 11.6 Å². The van der Waals surface area contributed by atoms with E-state index in [1.807, 2.05) is 6.07 Å². The van der Waals surface area contributed by atoms with Gasteiger partial charge in [-0.3, -0.25) is 0 Å². The molecule has 1 fully saturated rings. The first-order chi connectivity index (χ1) is 8.20. The summed E-state index contributed by atoms with van der Waals surface area (Å²) in [6.45, 7) is 2.31. The van der Waals surface area contributed by atoms with Crippen LogP contribution in [0.1, 0.15) is 44.3 Å². The lowest BCUT2D eigenvalue weighted by atomic mass is 9.78. The molecule has 1 atom stereocenters. The lowest BCUT2D eigenvalue weighted by Crippen LogP contribution is -2.26. The third-order valence-electron chi connectivity index (χ3n) is 3.78. The lowest BCUT2D eigenvalue weighted by Gasteiger charge is -2.30. The highest BCUT2D eigenvalue weighted by molar-refractivity contribution is 5.17. The Balaban J connectivity index is 2.05. The van der Waals surface area contributed by atoms with Crippen LogP contribution in [0.25, 0.3) is 0 Å². The van der Waals surface area contributed by atoms with Crippen LogP contribution in [0.15, 0.2) is 12.4 Å². The molecule has 0 radical (unpaired) electrons. The number of hydrogen-bond acceptors (Lipinski definition) is 4. The molecular formula is C13H21N3O. The predicted molar refractivity (Wildman–Crippen MR) is 66.6 cm³/mol. The maximum absolute atomic E-state index is 6.29. The first-order valence-electron chi connectivity index (χ1n) is 6.32. The monoisotopic (exact) mass is 235 g/mol. The fourth-order valence-corrected chi connectivity index (χ4v) is 2.53. The predicted octanol–water partition coefficient (Wildman–Crippen LogP) is 2.31. The molecule has 0 bridgehead atoms. The Labute approximate surface area is 103 Å². The SMILES string of the molecule is COc1cc(C(N)C2CCC(C)CC2)ncn1. The molecule has 1 unspecified atom stereocenters. The van der Waals surface area contributed by atoms with Gasteiger partial charge in [0, 0.05) is 6.07 Å². The molecular weight excluding hydrogens is 214 g/mol. The Morgan fingerprint density at radius 3 is 2.65 bits per heavy atom. The van der Waals surface area contributed by atoms with Crippen molar-refractivity contribution in [3.05, 3.63) is 18.1 Å². The van der Waals surface area contributed by atoms with Gasteiger partial charge in [-0.25, -0.2) is 9.97 Å². The maximum Gasteiger partial charge on any atom is 0.216 e. The fourth-order valence-electron chi connectivity index (χ4n) is 2.53. The molecule has 2 N–H and O–H groups in total. The van der Waals surface area contributed by atoms with Crippen LogP contribution in [0.4, 0.5) is 0 Å². The smallest absolute Gasteiger partial charge is 0.216 e. The van der Waals surface area contributed by atoms with Crippen LogP contribution in [0.3, 0.4) is 0 Å². The van der Waals surface area contributed by atoms with Gasteiger partial charge in [0.2, 0.25) is 5.88 Å². The highest BCUT2D eigenvalue weighted by Crippen LogP contribution is 2.35. The first-order valence-corrected chi connectivity index (χ1v) is 6.32. The minimum absolute atomic E-state index is 0.0133. The van der Waals surface area contributed by atoms with Crippen LogP contribution in [0.5, 0.6) is 5.88 Å². The average molecular weight is 235 g/mol. The van der Waals surface area contributed by atoms with Gasteiger partial charge >= 0.3 is 0 Å². The number of ether oxygens (including phenoxy) is 1. The quantitative estimate of drug-likeness (QED) is 0.873. The van der Waals surface area contributed by atoms with E-state index < -0.39 is 0 Å². The summed E-state index contributed by atoms with van der Waals surface area (Å²) in [5.41, 5.74) is 7.19. The molecule has 0 aromatic carbocycles. The van der Waals surface area contributed by atoms with Gasteiger partial charge in [-0.1, -0.05) is 19.8 Å². The summed E-state index contributed by atoms with van der Waals surface area (Å²) in [5.74, 6) is 1.99. The Kier molecular flexibility index (Phi) is 3.94. The maximum atomic E-state index is 6.29. The lowest BCUT2D eigenvalue weighted by molar-refractivity contribution is 0.253. The van der Waals surface area contributed by atoms with Crippen LogP contribution >= 0.6 is 0 Å². The Bertz CT molecular complexity index is 361.